The second-order valence-corrected chi connectivity index (χ2v) is 8.31. The van der Waals surface area contributed by atoms with Gasteiger partial charge in [-0.25, -0.2) is 13.2 Å². The van der Waals surface area contributed by atoms with Gasteiger partial charge in [0.1, 0.15) is 17.5 Å². The minimum atomic E-state index is -0.643. The van der Waals surface area contributed by atoms with E-state index in [0.29, 0.717) is 23.5 Å². The number of aromatic amines is 1. The molecule has 30 heavy (non-hydrogen) atoms. The number of H-pyrrole nitrogens is 1. The van der Waals surface area contributed by atoms with E-state index in [1.54, 1.807) is 12.1 Å². The van der Waals surface area contributed by atoms with Gasteiger partial charge in [0.2, 0.25) is 5.91 Å². The molecule has 1 aliphatic heterocycles. The van der Waals surface area contributed by atoms with Gasteiger partial charge in [0.05, 0.1) is 17.3 Å². The summed E-state index contributed by atoms with van der Waals surface area (Å²) >= 11 is 0. The number of benzene rings is 2. The third kappa shape index (κ3) is 3.37. The predicted molar refractivity (Wildman–Crippen MR) is 108 cm³/mol. The lowest BCUT2D eigenvalue weighted by molar-refractivity contribution is -0.125. The Kier molecular flexibility index (Phi) is 4.77. The third-order valence-electron chi connectivity index (χ3n) is 6.35. The van der Waals surface area contributed by atoms with Gasteiger partial charge in [-0.05, 0) is 79.1 Å². The van der Waals surface area contributed by atoms with Crippen LogP contribution in [0.15, 0.2) is 36.4 Å². The van der Waals surface area contributed by atoms with E-state index in [1.807, 2.05) is 0 Å². The number of hydrogen-bond donors (Lipinski definition) is 3. The van der Waals surface area contributed by atoms with Crippen molar-refractivity contribution in [1.82, 2.24) is 15.6 Å². The molecule has 4 nitrogen and oxygen atoms in total. The van der Waals surface area contributed by atoms with Crippen molar-refractivity contribution < 1.29 is 18.0 Å². The van der Waals surface area contributed by atoms with E-state index in [4.69, 9.17) is 0 Å². The normalized spacial score (nSPS) is 23.1. The summed E-state index contributed by atoms with van der Waals surface area (Å²) in [6.45, 7) is 1.48. The van der Waals surface area contributed by atoms with Gasteiger partial charge in [0.25, 0.3) is 0 Å². The number of carbonyl (C=O) groups is 1. The Labute approximate surface area is 171 Å². The summed E-state index contributed by atoms with van der Waals surface area (Å²) in [5.41, 5.74) is 2.55. The Morgan fingerprint density at radius 3 is 2.47 bits per heavy atom. The van der Waals surface area contributed by atoms with Crippen LogP contribution >= 0.6 is 0 Å². The molecular weight excluding hydrogens is 391 g/mol. The van der Waals surface area contributed by atoms with Crippen LogP contribution in [0, 0.1) is 23.4 Å². The Bertz CT molecular complexity index is 1100. The highest BCUT2D eigenvalue weighted by Crippen LogP contribution is 2.48. The molecule has 2 aromatic carbocycles. The van der Waals surface area contributed by atoms with Crippen LogP contribution in [0.25, 0.3) is 22.2 Å². The molecule has 1 atom stereocenters. The van der Waals surface area contributed by atoms with Crippen LogP contribution in [0.3, 0.4) is 0 Å². The van der Waals surface area contributed by atoms with E-state index < -0.39 is 11.6 Å². The largest absolute Gasteiger partial charge is 0.354 e. The summed E-state index contributed by atoms with van der Waals surface area (Å²) < 4.78 is 41.8. The second-order valence-electron chi connectivity index (χ2n) is 8.31. The Morgan fingerprint density at radius 1 is 1.07 bits per heavy atom. The standard InChI is InChI=1S/C23H22F3N3O/c24-15-3-1-13(2-4-15)21-20(17-9-16(25)10-18(26)22(17)29-21)14-7-12(8-14)11-28-23(30)19-5-6-27-19/h1-4,9-10,12,14,19,27,29H,5-8,11H2,(H,28,30)/t12-,14-,19-/m1/s1. The molecule has 3 aromatic rings. The van der Waals surface area contributed by atoms with Gasteiger partial charge in [-0.3, -0.25) is 4.79 Å². The third-order valence-corrected chi connectivity index (χ3v) is 6.35. The fraction of sp³-hybridized carbons (Fsp3) is 0.348. The highest BCUT2D eigenvalue weighted by molar-refractivity contribution is 5.92. The van der Waals surface area contributed by atoms with Crippen molar-refractivity contribution in [3.8, 4) is 11.3 Å². The number of hydrogen-bond acceptors (Lipinski definition) is 2. The summed E-state index contributed by atoms with van der Waals surface area (Å²) in [5.74, 6) is -1.15. The van der Waals surface area contributed by atoms with E-state index in [9.17, 15) is 18.0 Å². The van der Waals surface area contributed by atoms with Gasteiger partial charge in [0, 0.05) is 18.0 Å². The summed E-state index contributed by atoms with van der Waals surface area (Å²) in [4.78, 5) is 15.1. The van der Waals surface area contributed by atoms with Crippen molar-refractivity contribution in [3.63, 3.8) is 0 Å². The van der Waals surface area contributed by atoms with E-state index in [0.717, 1.165) is 43.0 Å². The molecule has 1 amide bonds. The molecule has 2 fully saturated rings. The zero-order valence-corrected chi connectivity index (χ0v) is 16.3. The number of amides is 1. The van der Waals surface area contributed by atoms with Crippen LogP contribution in [-0.2, 0) is 4.79 Å². The molecule has 1 aliphatic carbocycles. The van der Waals surface area contributed by atoms with Crippen molar-refractivity contribution in [2.45, 2.75) is 31.2 Å². The minimum Gasteiger partial charge on any atom is -0.354 e. The quantitative estimate of drug-likeness (QED) is 0.587. The molecule has 1 aromatic heterocycles. The maximum atomic E-state index is 14.4. The lowest BCUT2D eigenvalue weighted by Crippen LogP contribution is -2.54. The second kappa shape index (κ2) is 7.47. The number of fused-ring (bicyclic) bond motifs is 1. The fourth-order valence-electron chi connectivity index (χ4n) is 4.53. The zero-order valence-electron chi connectivity index (χ0n) is 16.3. The van der Waals surface area contributed by atoms with Crippen molar-refractivity contribution >= 4 is 16.8 Å². The van der Waals surface area contributed by atoms with Crippen molar-refractivity contribution in [3.05, 3.63) is 59.4 Å². The first kappa shape index (κ1) is 19.2. The topological polar surface area (TPSA) is 56.9 Å². The Hall–Kier alpha value is -2.80. The summed E-state index contributed by atoms with van der Waals surface area (Å²) in [6, 6.07) is 8.13. The molecule has 7 heteroatoms. The molecule has 1 saturated carbocycles. The summed E-state index contributed by atoms with van der Waals surface area (Å²) in [6.07, 6.45) is 2.50. The summed E-state index contributed by atoms with van der Waals surface area (Å²) in [5, 5.41) is 6.60. The minimum absolute atomic E-state index is 0.0351. The van der Waals surface area contributed by atoms with Crippen molar-refractivity contribution in [2.24, 2.45) is 5.92 Å². The van der Waals surface area contributed by atoms with E-state index in [2.05, 4.69) is 15.6 Å². The van der Waals surface area contributed by atoms with Gasteiger partial charge in [-0.2, -0.15) is 0 Å². The van der Waals surface area contributed by atoms with Crippen LogP contribution in [-0.4, -0.2) is 30.0 Å². The fourth-order valence-corrected chi connectivity index (χ4v) is 4.53. The number of nitrogens with one attached hydrogen (secondary N) is 3. The first-order valence-corrected chi connectivity index (χ1v) is 10.3. The predicted octanol–water partition coefficient (Wildman–Crippen LogP) is 4.22. The molecule has 5 rings (SSSR count). The van der Waals surface area contributed by atoms with E-state index in [1.165, 1.54) is 18.2 Å². The smallest absolute Gasteiger partial charge is 0.237 e. The molecular formula is C23H22F3N3O. The number of carbonyl (C=O) groups excluding carboxylic acids is 1. The van der Waals surface area contributed by atoms with E-state index >= 15 is 0 Å². The van der Waals surface area contributed by atoms with Gasteiger partial charge in [-0.15, -0.1) is 0 Å². The molecule has 0 bridgehead atoms. The SMILES string of the molecule is O=C(NC[C@H]1C[C@H](c2c(-c3ccc(F)cc3)[nH]c3c(F)cc(F)cc32)C1)[C@H]1CCN1. The summed E-state index contributed by atoms with van der Waals surface area (Å²) in [7, 11) is 0. The van der Waals surface area contributed by atoms with Crippen LogP contribution in [0.4, 0.5) is 13.2 Å². The lowest BCUT2D eigenvalue weighted by Gasteiger charge is -2.37. The van der Waals surface area contributed by atoms with Gasteiger partial charge < -0.3 is 15.6 Å². The molecule has 1 saturated heterocycles. The van der Waals surface area contributed by atoms with Gasteiger partial charge in [-0.1, -0.05) is 0 Å². The maximum absolute atomic E-state index is 14.4. The first-order chi connectivity index (χ1) is 14.5. The maximum Gasteiger partial charge on any atom is 0.237 e. The van der Waals surface area contributed by atoms with Crippen LogP contribution < -0.4 is 10.6 Å². The highest BCUT2D eigenvalue weighted by atomic mass is 19.1. The monoisotopic (exact) mass is 413 g/mol. The van der Waals surface area contributed by atoms with Crippen molar-refractivity contribution in [1.29, 1.82) is 0 Å². The van der Waals surface area contributed by atoms with Crippen molar-refractivity contribution in [2.75, 3.05) is 13.1 Å². The average Bonchev–Trinajstić information content (AvgIpc) is 2.99. The van der Waals surface area contributed by atoms with E-state index in [-0.39, 0.29) is 29.2 Å². The number of halogens is 3. The Morgan fingerprint density at radius 2 is 1.80 bits per heavy atom. The zero-order chi connectivity index (χ0) is 20.8. The molecule has 3 N–H and O–H groups in total. The van der Waals surface area contributed by atoms with Gasteiger partial charge >= 0.3 is 0 Å². The average molecular weight is 413 g/mol. The number of rotatable bonds is 5. The van der Waals surface area contributed by atoms with Crippen LogP contribution in [0.5, 0.6) is 0 Å². The molecule has 0 spiro atoms. The highest BCUT2D eigenvalue weighted by Gasteiger charge is 2.35. The molecule has 0 unspecified atom stereocenters. The Balaban J connectivity index is 1.41. The van der Waals surface area contributed by atoms with Crippen LogP contribution in [0.2, 0.25) is 0 Å². The van der Waals surface area contributed by atoms with Crippen LogP contribution in [0.1, 0.15) is 30.7 Å². The molecule has 2 heterocycles. The molecule has 2 aliphatic rings. The van der Waals surface area contributed by atoms with Gasteiger partial charge in [0.15, 0.2) is 0 Å². The lowest BCUT2D eigenvalue weighted by atomic mass is 9.70. The first-order valence-electron chi connectivity index (χ1n) is 10.3. The molecule has 0 radical (unpaired) electrons. The molecule has 156 valence electrons. The number of aromatic nitrogens is 1.